The number of amides is 1. The number of nitrogens with zero attached hydrogens (tertiary/aromatic N) is 4. The molecule has 1 aliphatic rings. The minimum absolute atomic E-state index is 0.158. The summed E-state index contributed by atoms with van der Waals surface area (Å²) in [6.07, 6.45) is 5.84. The monoisotopic (exact) mass is 577 g/mol. The van der Waals surface area contributed by atoms with E-state index in [1.807, 2.05) is 16.7 Å². The molecular formula is C31H39N5O2S2. The number of carbonyl (C=O) groups excluding carboxylic acids is 1. The summed E-state index contributed by atoms with van der Waals surface area (Å²) in [6.45, 7) is 15.8. The normalized spacial score (nSPS) is 15.0. The number of nitriles is 1. The van der Waals surface area contributed by atoms with E-state index in [-0.39, 0.29) is 23.7 Å². The van der Waals surface area contributed by atoms with Gasteiger partial charge in [0.1, 0.15) is 23.4 Å². The second-order valence-corrected chi connectivity index (χ2v) is 13.3. The highest BCUT2D eigenvalue weighted by Crippen LogP contribution is 2.45. The van der Waals surface area contributed by atoms with Gasteiger partial charge in [0.2, 0.25) is 5.91 Å². The summed E-state index contributed by atoms with van der Waals surface area (Å²) in [5.74, 6) is 2.47. The zero-order chi connectivity index (χ0) is 28.9. The molecule has 2 heterocycles. The van der Waals surface area contributed by atoms with Crippen LogP contribution >= 0.6 is 23.1 Å². The molecule has 0 bridgehead atoms. The Labute approximate surface area is 246 Å². The molecule has 0 spiro atoms. The van der Waals surface area contributed by atoms with Gasteiger partial charge < -0.3 is 10.1 Å². The lowest BCUT2D eigenvalue weighted by Crippen LogP contribution is -2.28. The average Bonchev–Trinajstić information content (AvgIpc) is 3.50. The largest absolute Gasteiger partial charge is 0.486 e. The van der Waals surface area contributed by atoms with E-state index in [1.165, 1.54) is 22.2 Å². The number of rotatable bonds is 12. The Bertz CT molecular complexity index is 1380. The Morgan fingerprint density at radius 3 is 2.75 bits per heavy atom. The van der Waals surface area contributed by atoms with Crippen LogP contribution in [-0.2, 0) is 30.8 Å². The molecular weight excluding hydrogens is 539 g/mol. The van der Waals surface area contributed by atoms with Crippen LogP contribution in [0.3, 0.4) is 0 Å². The molecule has 1 N–H and O–H groups in total. The molecule has 2 aromatic heterocycles. The minimum atomic E-state index is -0.165. The van der Waals surface area contributed by atoms with Gasteiger partial charge in [-0.25, -0.2) is 0 Å². The molecule has 1 atom stereocenters. The van der Waals surface area contributed by atoms with E-state index in [0.29, 0.717) is 39.9 Å². The fraction of sp³-hybridized carbons (Fsp3) is 0.484. The summed E-state index contributed by atoms with van der Waals surface area (Å²) in [4.78, 5) is 14.2. The van der Waals surface area contributed by atoms with Crippen molar-refractivity contribution in [2.75, 3.05) is 11.1 Å². The first kappa shape index (κ1) is 29.9. The van der Waals surface area contributed by atoms with Crippen molar-refractivity contribution in [2.24, 2.45) is 11.3 Å². The molecule has 40 heavy (non-hydrogen) atoms. The van der Waals surface area contributed by atoms with Crippen LogP contribution in [0, 0.1) is 22.7 Å². The van der Waals surface area contributed by atoms with Gasteiger partial charge in [0.25, 0.3) is 0 Å². The van der Waals surface area contributed by atoms with Gasteiger partial charge in [-0.15, -0.1) is 28.1 Å². The van der Waals surface area contributed by atoms with Crippen LogP contribution in [-0.4, -0.2) is 26.4 Å². The molecule has 0 saturated carbocycles. The van der Waals surface area contributed by atoms with Gasteiger partial charge in [-0.2, -0.15) is 5.26 Å². The highest BCUT2D eigenvalue weighted by atomic mass is 32.2. The van der Waals surface area contributed by atoms with Crippen LogP contribution in [0.15, 0.2) is 42.1 Å². The smallest absolute Gasteiger partial charge is 0.235 e. The number of ether oxygens (including phenoxy) is 1. The standard InChI is InChI=1S/C31H39N5O2S2/c1-7-15-36-27(18-38-23-12-9-21(10-13-23)20(3)4)34-35-30(36)39-19-28(37)33-29-25(17-32)24-14-11-22(16-26(24)40-29)31(5,6)8-2/h7,9-10,12-13,20,22H,1,8,11,14-16,18-19H2,2-6H3,(H,33,37). The molecule has 0 fully saturated rings. The second kappa shape index (κ2) is 13.0. The van der Waals surface area contributed by atoms with E-state index in [4.69, 9.17) is 4.74 Å². The summed E-state index contributed by atoms with van der Waals surface area (Å²) < 4.78 is 7.87. The van der Waals surface area contributed by atoms with Crippen molar-refractivity contribution in [3.05, 3.63) is 64.3 Å². The third kappa shape index (κ3) is 6.79. The van der Waals surface area contributed by atoms with Gasteiger partial charge in [-0.05, 0) is 59.8 Å². The molecule has 0 aliphatic heterocycles. The maximum atomic E-state index is 13.0. The number of hydrogen-bond donors (Lipinski definition) is 1. The van der Waals surface area contributed by atoms with Crippen molar-refractivity contribution in [1.29, 1.82) is 5.26 Å². The van der Waals surface area contributed by atoms with Crippen molar-refractivity contribution in [1.82, 2.24) is 14.8 Å². The Kier molecular flexibility index (Phi) is 9.75. The zero-order valence-electron chi connectivity index (χ0n) is 24.1. The molecule has 7 nitrogen and oxygen atoms in total. The maximum absolute atomic E-state index is 13.0. The van der Waals surface area contributed by atoms with Crippen LogP contribution in [0.5, 0.6) is 5.75 Å². The molecule has 212 valence electrons. The number of benzene rings is 1. The third-order valence-electron chi connectivity index (χ3n) is 8.00. The lowest BCUT2D eigenvalue weighted by Gasteiger charge is -2.36. The highest BCUT2D eigenvalue weighted by Gasteiger charge is 2.34. The molecule has 1 amide bonds. The van der Waals surface area contributed by atoms with Gasteiger partial charge in [0, 0.05) is 11.4 Å². The summed E-state index contributed by atoms with van der Waals surface area (Å²) in [6, 6.07) is 10.4. The molecule has 9 heteroatoms. The number of aromatic nitrogens is 3. The number of hydrogen-bond acceptors (Lipinski definition) is 7. The van der Waals surface area contributed by atoms with Crippen molar-refractivity contribution in [2.45, 2.75) is 84.5 Å². The number of allylic oxidation sites excluding steroid dienone is 1. The lowest BCUT2D eigenvalue weighted by atomic mass is 9.69. The van der Waals surface area contributed by atoms with Gasteiger partial charge in [0.05, 0.1) is 11.3 Å². The first-order valence-electron chi connectivity index (χ1n) is 13.9. The van der Waals surface area contributed by atoms with Crippen LogP contribution in [0.25, 0.3) is 0 Å². The number of fused-ring (bicyclic) bond motifs is 1. The molecule has 0 saturated heterocycles. The van der Waals surface area contributed by atoms with Crippen LogP contribution in [0.2, 0.25) is 0 Å². The van der Waals surface area contributed by atoms with Crippen molar-refractivity contribution < 1.29 is 9.53 Å². The van der Waals surface area contributed by atoms with Crippen LogP contribution < -0.4 is 10.1 Å². The summed E-state index contributed by atoms with van der Waals surface area (Å²) in [5.41, 5.74) is 3.26. The number of thiophene rings is 1. The van der Waals surface area contributed by atoms with Gasteiger partial charge in [0.15, 0.2) is 11.0 Å². The predicted molar refractivity (Wildman–Crippen MR) is 163 cm³/mol. The molecule has 1 unspecified atom stereocenters. The SMILES string of the molecule is C=CCn1c(COc2ccc(C(C)C)cc2)nnc1SCC(=O)Nc1sc2c(c1C#N)CCC(C(C)(C)CC)C2. The first-order valence-corrected chi connectivity index (χ1v) is 15.7. The van der Waals surface area contributed by atoms with E-state index in [1.54, 1.807) is 17.4 Å². The quantitative estimate of drug-likeness (QED) is 0.178. The Balaban J connectivity index is 1.39. The van der Waals surface area contributed by atoms with E-state index < -0.39 is 0 Å². The highest BCUT2D eigenvalue weighted by molar-refractivity contribution is 7.99. The lowest BCUT2D eigenvalue weighted by molar-refractivity contribution is -0.113. The van der Waals surface area contributed by atoms with Crippen LogP contribution in [0.4, 0.5) is 5.00 Å². The zero-order valence-corrected chi connectivity index (χ0v) is 25.8. The number of nitrogens with one attached hydrogen (secondary N) is 1. The minimum Gasteiger partial charge on any atom is -0.486 e. The van der Waals surface area contributed by atoms with E-state index in [2.05, 4.69) is 74.9 Å². The van der Waals surface area contributed by atoms with Gasteiger partial charge >= 0.3 is 0 Å². The second-order valence-electron chi connectivity index (χ2n) is 11.2. The van der Waals surface area contributed by atoms with E-state index in [0.717, 1.165) is 37.0 Å². The molecule has 0 radical (unpaired) electrons. The van der Waals surface area contributed by atoms with Crippen molar-refractivity contribution in [3.63, 3.8) is 0 Å². The van der Waals surface area contributed by atoms with E-state index >= 15 is 0 Å². The average molecular weight is 578 g/mol. The number of thioether (sulfide) groups is 1. The number of anilines is 1. The third-order valence-corrected chi connectivity index (χ3v) is 10.1. The summed E-state index contributed by atoms with van der Waals surface area (Å²) in [5, 5.41) is 22.8. The van der Waals surface area contributed by atoms with Gasteiger partial charge in [-0.1, -0.05) is 71.0 Å². The van der Waals surface area contributed by atoms with Gasteiger partial charge in [-0.3, -0.25) is 9.36 Å². The Morgan fingerprint density at radius 2 is 2.10 bits per heavy atom. The predicted octanol–water partition coefficient (Wildman–Crippen LogP) is 7.37. The summed E-state index contributed by atoms with van der Waals surface area (Å²) in [7, 11) is 0. The van der Waals surface area contributed by atoms with Crippen molar-refractivity contribution >= 4 is 34.0 Å². The Morgan fingerprint density at radius 1 is 1.35 bits per heavy atom. The number of carbonyl (C=O) groups is 1. The fourth-order valence-electron chi connectivity index (χ4n) is 4.98. The summed E-state index contributed by atoms with van der Waals surface area (Å²) >= 11 is 2.88. The van der Waals surface area contributed by atoms with Crippen molar-refractivity contribution in [3.8, 4) is 11.8 Å². The maximum Gasteiger partial charge on any atom is 0.235 e. The molecule has 1 aromatic carbocycles. The molecule has 4 rings (SSSR count). The fourth-order valence-corrected chi connectivity index (χ4v) is 7.04. The molecule has 1 aliphatic carbocycles. The first-order chi connectivity index (χ1) is 19.2. The Hall–Kier alpha value is -3.09. The van der Waals surface area contributed by atoms with E-state index in [9.17, 15) is 10.1 Å². The van der Waals surface area contributed by atoms with Crippen LogP contribution in [0.1, 0.15) is 80.8 Å². The molecule has 3 aromatic rings. The topological polar surface area (TPSA) is 92.8 Å².